The molecule has 0 aromatic rings. The van der Waals surface area contributed by atoms with Crippen LogP contribution in [0.2, 0.25) is 0 Å². The molecule has 0 bridgehead atoms. The second-order valence-corrected chi connectivity index (χ2v) is 1.36. The summed E-state index contributed by atoms with van der Waals surface area (Å²) in [7, 11) is 0. The van der Waals surface area contributed by atoms with Crippen LogP contribution in [-0.2, 0) is 9.59 Å². The molecule has 47 valence electrons. The van der Waals surface area contributed by atoms with Gasteiger partial charge in [0.1, 0.15) is 0 Å². The summed E-state index contributed by atoms with van der Waals surface area (Å²) in [5.41, 5.74) is 4.64. The van der Waals surface area contributed by atoms with Crippen molar-refractivity contribution in [1.82, 2.24) is 0 Å². The monoisotopic (exact) mass is 156 g/mol. The molecule has 5 heteroatoms. The molecule has 0 aliphatic carbocycles. The zero-order valence-corrected chi connectivity index (χ0v) is 8.38. The summed E-state index contributed by atoms with van der Waals surface area (Å²) in [5.74, 6) is -1.57. The number of amides is 1. The topological polar surface area (TPSA) is 80.4 Å². The summed E-state index contributed by atoms with van der Waals surface area (Å²) >= 11 is 0. The molecule has 0 saturated heterocycles. The van der Waals surface area contributed by atoms with E-state index in [4.69, 9.17) is 5.11 Å². The minimum absolute atomic E-state index is 0. The van der Waals surface area contributed by atoms with Gasteiger partial charge in [0, 0.05) is 57.8 Å². The van der Waals surface area contributed by atoms with Gasteiger partial charge in [0.2, 0.25) is 5.91 Å². The number of carboxylic acids is 1. The van der Waals surface area contributed by atoms with Crippen molar-refractivity contribution in [3.05, 3.63) is 0 Å². The zero-order valence-electron chi connectivity index (χ0n) is 5.26. The average Bonchev–Trinajstić information content (AvgIpc) is 1.61. The Bertz CT molecular complexity index is 100. The third-order valence-electron chi connectivity index (χ3n) is 0.585. The summed E-state index contributed by atoms with van der Waals surface area (Å²) < 4.78 is 0. The van der Waals surface area contributed by atoms with Crippen LogP contribution in [0, 0.1) is 0 Å². The van der Waals surface area contributed by atoms with Gasteiger partial charge in [-0.3, -0.25) is 9.59 Å². The van der Waals surface area contributed by atoms with Crippen LogP contribution in [0.15, 0.2) is 0 Å². The maximum absolute atomic E-state index is 9.86. The van der Waals surface area contributed by atoms with Crippen LogP contribution in [-0.4, -0.2) is 68.4 Å². The standard InChI is InChI=1S/C4H7NO3.K/c5-3(6)1-2-4(7)8;/h1-2H2,(H2,5,6)(H,7,8);. The Morgan fingerprint density at radius 1 is 1.33 bits per heavy atom. The number of rotatable bonds is 3. The van der Waals surface area contributed by atoms with E-state index in [2.05, 4.69) is 5.73 Å². The van der Waals surface area contributed by atoms with E-state index >= 15 is 0 Å². The van der Waals surface area contributed by atoms with E-state index in [9.17, 15) is 9.59 Å². The van der Waals surface area contributed by atoms with Crippen molar-refractivity contribution in [2.24, 2.45) is 5.73 Å². The van der Waals surface area contributed by atoms with Crippen molar-refractivity contribution in [3.8, 4) is 0 Å². The van der Waals surface area contributed by atoms with Crippen LogP contribution in [0.4, 0.5) is 0 Å². The van der Waals surface area contributed by atoms with Gasteiger partial charge in [-0.15, -0.1) is 0 Å². The van der Waals surface area contributed by atoms with Crippen LogP contribution in [0.1, 0.15) is 12.8 Å². The molecule has 0 heterocycles. The van der Waals surface area contributed by atoms with E-state index in [1.165, 1.54) is 0 Å². The second kappa shape index (κ2) is 6.69. The smallest absolute Gasteiger partial charge is 0.303 e. The van der Waals surface area contributed by atoms with Gasteiger partial charge >= 0.3 is 5.97 Å². The molecule has 1 radical (unpaired) electrons. The van der Waals surface area contributed by atoms with Gasteiger partial charge < -0.3 is 10.8 Å². The van der Waals surface area contributed by atoms with Gasteiger partial charge in [-0.2, -0.15) is 0 Å². The molecule has 1 amide bonds. The Kier molecular flexibility index (Phi) is 9.13. The molecule has 0 aliphatic rings. The SMILES string of the molecule is NC(=O)CCC(=O)O.[K]. The average molecular weight is 156 g/mol. The summed E-state index contributed by atoms with van der Waals surface area (Å²) in [4.78, 5) is 19.6. The Balaban J connectivity index is 0. The molecule has 0 aliphatic heterocycles. The number of hydrogen-bond donors (Lipinski definition) is 2. The maximum Gasteiger partial charge on any atom is 0.303 e. The van der Waals surface area contributed by atoms with E-state index in [0.29, 0.717) is 0 Å². The number of aliphatic carboxylic acids is 1. The minimum atomic E-state index is -0.996. The zero-order chi connectivity index (χ0) is 6.57. The van der Waals surface area contributed by atoms with E-state index in [0.717, 1.165) is 0 Å². The van der Waals surface area contributed by atoms with Crippen LogP contribution in [0.3, 0.4) is 0 Å². The van der Waals surface area contributed by atoms with E-state index in [-0.39, 0.29) is 64.2 Å². The van der Waals surface area contributed by atoms with Crippen LogP contribution >= 0.6 is 0 Å². The van der Waals surface area contributed by atoms with Crippen molar-refractivity contribution in [2.75, 3.05) is 0 Å². The molecule has 4 nitrogen and oxygen atoms in total. The minimum Gasteiger partial charge on any atom is -0.481 e. The molecule has 9 heavy (non-hydrogen) atoms. The summed E-state index contributed by atoms with van der Waals surface area (Å²) in [6.45, 7) is 0. The predicted molar refractivity (Wildman–Crippen MR) is 31.8 cm³/mol. The van der Waals surface area contributed by atoms with Gasteiger partial charge in [0.25, 0.3) is 0 Å². The molecule has 0 fully saturated rings. The van der Waals surface area contributed by atoms with E-state index < -0.39 is 11.9 Å². The number of carboxylic acid groups (broad SMARTS) is 1. The molecular formula is C4H7KNO3. The molecule has 0 saturated carbocycles. The fourth-order valence-corrected chi connectivity index (χ4v) is 0.230. The van der Waals surface area contributed by atoms with Gasteiger partial charge in [0.15, 0.2) is 0 Å². The molecule has 0 rings (SSSR count). The fourth-order valence-electron chi connectivity index (χ4n) is 0.230. The van der Waals surface area contributed by atoms with Crippen molar-refractivity contribution in [3.63, 3.8) is 0 Å². The van der Waals surface area contributed by atoms with Crippen LogP contribution in [0.25, 0.3) is 0 Å². The van der Waals surface area contributed by atoms with Crippen molar-refractivity contribution in [1.29, 1.82) is 0 Å². The third-order valence-corrected chi connectivity index (χ3v) is 0.585. The van der Waals surface area contributed by atoms with Crippen molar-refractivity contribution in [2.45, 2.75) is 12.8 Å². The Morgan fingerprint density at radius 3 is 1.89 bits per heavy atom. The number of hydrogen-bond acceptors (Lipinski definition) is 2. The van der Waals surface area contributed by atoms with E-state index in [1.54, 1.807) is 0 Å². The molecule has 0 spiro atoms. The third kappa shape index (κ3) is 11.9. The quantitative estimate of drug-likeness (QED) is 0.512. The second-order valence-electron chi connectivity index (χ2n) is 1.36. The first-order valence-electron chi connectivity index (χ1n) is 2.13. The number of nitrogens with two attached hydrogens (primary N) is 1. The summed E-state index contributed by atoms with van der Waals surface area (Å²) in [5, 5.41) is 7.95. The van der Waals surface area contributed by atoms with Gasteiger partial charge in [-0.1, -0.05) is 0 Å². The largest absolute Gasteiger partial charge is 0.481 e. The molecule has 0 aromatic carbocycles. The van der Waals surface area contributed by atoms with Crippen LogP contribution in [0.5, 0.6) is 0 Å². The van der Waals surface area contributed by atoms with Gasteiger partial charge in [-0.25, -0.2) is 0 Å². The summed E-state index contributed by atoms with van der Waals surface area (Å²) in [6, 6.07) is 0. The van der Waals surface area contributed by atoms with Crippen molar-refractivity contribution < 1.29 is 14.7 Å². The number of carbonyl (C=O) groups excluding carboxylic acids is 1. The first-order chi connectivity index (χ1) is 3.63. The number of primary amides is 1. The van der Waals surface area contributed by atoms with Crippen LogP contribution < -0.4 is 5.73 Å². The van der Waals surface area contributed by atoms with E-state index in [1.807, 2.05) is 0 Å². The normalized spacial score (nSPS) is 7.56. The maximum atomic E-state index is 9.86. The predicted octanol–water partition coefficient (Wildman–Crippen LogP) is -1.04. The molecule has 0 atom stereocenters. The fraction of sp³-hybridized carbons (Fsp3) is 0.500. The first kappa shape index (κ1) is 12.3. The Labute approximate surface area is 95.2 Å². The van der Waals surface area contributed by atoms with Gasteiger partial charge in [-0.05, 0) is 0 Å². The number of carbonyl (C=O) groups is 2. The first-order valence-corrected chi connectivity index (χ1v) is 2.13. The van der Waals surface area contributed by atoms with Crippen molar-refractivity contribution >= 4 is 63.3 Å². The summed E-state index contributed by atoms with van der Waals surface area (Å²) in [6.07, 6.45) is -0.245. The molecule has 0 unspecified atom stereocenters. The molecule has 0 aromatic heterocycles. The van der Waals surface area contributed by atoms with Gasteiger partial charge in [0.05, 0.1) is 6.42 Å². The molecule has 3 N–H and O–H groups in total. The Morgan fingerprint density at radius 2 is 1.78 bits per heavy atom. The molecular weight excluding hydrogens is 149 g/mol. The Hall–Kier alpha value is 0.576.